The Bertz CT molecular complexity index is 382. The molecule has 1 aromatic heterocycles. The molecule has 2 rings (SSSR count). The Morgan fingerprint density at radius 2 is 2.50 bits per heavy atom. The molecular formula is C11H12N2O. The monoisotopic (exact) mass is 188 g/mol. The minimum absolute atomic E-state index is 0.0835. The SMILES string of the molecule is C#CCNC(=O)c1cccn1C1CC1. The summed E-state index contributed by atoms with van der Waals surface area (Å²) in [6.07, 6.45) is 9.36. The van der Waals surface area contributed by atoms with Crippen molar-refractivity contribution in [3.63, 3.8) is 0 Å². The van der Waals surface area contributed by atoms with Crippen LogP contribution >= 0.6 is 0 Å². The van der Waals surface area contributed by atoms with Gasteiger partial charge < -0.3 is 9.88 Å². The van der Waals surface area contributed by atoms with Crippen molar-refractivity contribution in [1.29, 1.82) is 0 Å². The average Bonchev–Trinajstić information content (AvgIpc) is 2.93. The number of amides is 1. The van der Waals surface area contributed by atoms with Crippen molar-refractivity contribution in [2.75, 3.05) is 6.54 Å². The molecule has 72 valence electrons. The minimum atomic E-state index is -0.0835. The van der Waals surface area contributed by atoms with Gasteiger partial charge in [-0.2, -0.15) is 0 Å². The minimum Gasteiger partial charge on any atom is -0.340 e. The number of aromatic nitrogens is 1. The maximum Gasteiger partial charge on any atom is 0.268 e. The third-order valence-corrected chi connectivity index (χ3v) is 2.30. The molecule has 0 aliphatic heterocycles. The van der Waals surface area contributed by atoms with Crippen LogP contribution in [0.3, 0.4) is 0 Å². The topological polar surface area (TPSA) is 34.0 Å². The van der Waals surface area contributed by atoms with E-state index in [2.05, 4.69) is 11.2 Å². The van der Waals surface area contributed by atoms with Gasteiger partial charge in [0.05, 0.1) is 6.54 Å². The highest BCUT2D eigenvalue weighted by Crippen LogP contribution is 2.35. The van der Waals surface area contributed by atoms with Gasteiger partial charge in [0.25, 0.3) is 5.91 Å². The van der Waals surface area contributed by atoms with Crippen LogP contribution < -0.4 is 5.32 Å². The predicted octanol–water partition coefficient (Wildman–Crippen LogP) is 1.19. The molecule has 3 nitrogen and oxygen atoms in total. The zero-order valence-electron chi connectivity index (χ0n) is 7.86. The van der Waals surface area contributed by atoms with E-state index in [4.69, 9.17) is 6.42 Å². The second kappa shape index (κ2) is 3.59. The van der Waals surface area contributed by atoms with E-state index >= 15 is 0 Å². The Morgan fingerprint density at radius 1 is 1.71 bits per heavy atom. The van der Waals surface area contributed by atoms with E-state index in [9.17, 15) is 4.79 Å². The summed E-state index contributed by atoms with van der Waals surface area (Å²) >= 11 is 0. The van der Waals surface area contributed by atoms with Crippen LogP contribution in [0.25, 0.3) is 0 Å². The van der Waals surface area contributed by atoms with Crippen molar-refractivity contribution in [1.82, 2.24) is 9.88 Å². The van der Waals surface area contributed by atoms with Crippen molar-refractivity contribution in [2.24, 2.45) is 0 Å². The Labute approximate surface area is 83.1 Å². The van der Waals surface area contributed by atoms with E-state index in [0.717, 1.165) is 0 Å². The zero-order chi connectivity index (χ0) is 9.97. The summed E-state index contributed by atoms with van der Waals surface area (Å²) in [4.78, 5) is 11.6. The predicted molar refractivity (Wildman–Crippen MR) is 53.9 cm³/mol. The lowest BCUT2D eigenvalue weighted by Crippen LogP contribution is -2.25. The summed E-state index contributed by atoms with van der Waals surface area (Å²) < 4.78 is 2.02. The van der Waals surface area contributed by atoms with Crippen LogP contribution in [0.4, 0.5) is 0 Å². The standard InChI is InChI=1S/C11H12N2O/c1-2-7-12-11(14)10-4-3-8-13(10)9-5-6-9/h1,3-4,8-9H,5-7H2,(H,12,14). The first kappa shape index (κ1) is 8.89. The van der Waals surface area contributed by atoms with Crippen molar-refractivity contribution in [2.45, 2.75) is 18.9 Å². The highest BCUT2D eigenvalue weighted by molar-refractivity contribution is 5.92. The molecule has 1 saturated carbocycles. The Kier molecular flexibility index (Phi) is 2.28. The van der Waals surface area contributed by atoms with Crippen molar-refractivity contribution in [3.05, 3.63) is 24.0 Å². The zero-order valence-corrected chi connectivity index (χ0v) is 7.86. The summed E-state index contributed by atoms with van der Waals surface area (Å²) in [6.45, 7) is 0.286. The van der Waals surface area contributed by atoms with Crippen LogP contribution in [0.5, 0.6) is 0 Å². The largest absolute Gasteiger partial charge is 0.340 e. The molecule has 0 atom stereocenters. The molecular weight excluding hydrogens is 176 g/mol. The molecule has 1 aliphatic carbocycles. The van der Waals surface area contributed by atoms with Gasteiger partial charge >= 0.3 is 0 Å². The fourth-order valence-corrected chi connectivity index (χ4v) is 1.48. The number of carbonyl (C=O) groups is 1. The Balaban J connectivity index is 2.11. The number of hydrogen-bond donors (Lipinski definition) is 1. The van der Waals surface area contributed by atoms with Gasteiger partial charge in [0, 0.05) is 12.2 Å². The van der Waals surface area contributed by atoms with Crippen molar-refractivity contribution >= 4 is 5.91 Å². The average molecular weight is 188 g/mol. The Hall–Kier alpha value is -1.69. The number of nitrogens with one attached hydrogen (secondary N) is 1. The third-order valence-electron chi connectivity index (χ3n) is 2.30. The fraction of sp³-hybridized carbons (Fsp3) is 0.364. The molecule has 3 heteroatoms. The Morgan fingerprint density at radius 3 is 3.14 bits per heavy atom. The number of hydrogen-bond acceptors (Lipinski definition) is 1. The van der Waals surface area contributed by atoms with Crippen molar-refractivity contribution in [3.8, 4) is 12.3 Å². The van der Waals surface area contributed by atoms with E-state index in [1.807, 2.05) is 22.9 Å². The van der Waals surface area contributed by atoms with Crippen molar-refractivity contribution < 1.29 is 4.79 Å². The lowest BCUT2D eigenvalue weighted by molar-refractivity contribution is 0.0949. The molecule has 1 fully saturated rings. The molecule has 0 unspecified atom stereocenters. The molecule has 0 saturated heterocycles. The van der Waals surface area contributed by atoms with Crippen LogP contribution in [0, 0.1) is 12.3 Å². The van der Waals surface area contributed by atoms with E-state index in [1.165, 1.54) is 12.8 Å². The molecule has 1 amide bonds. The number of nitrogens with zero attached hydrogens (tertiary/aromatic N) is 1. The van der Waals surface area contributed by atoms with E-state index in [1.54, 1.807) is 0 Å². The highest BCUT2D eigenvalue weighted by atomic mass is 16.1. The molecule has 1 aliphatic rings. The van der Waals surface area contributed by atoms with E-state index in [0.29, 0.717) is 11.7 Å². The second-order valence-corrected chi connectivity index (χ2v) is 3.42. The normalized spacial score (nSPS) is 14.8. The van der Waals surface area contributed by atoms with Gasteiger partial charge in [-0.1, -0.05) is 5.92 Å². The molecule has 1 heterocycles. The van der Waals surface area contributed by atoms with E-state index in [-0.39, 0.29) is 12.5 Å². The van der Waals surface area contributed by atoms with Gasteiger partial charge in [-0.25, -0.2) is 0 Å². The number of terminal acetylenes is 1. The van der Waals surface area contributed by atoms with Gasteiger partial charge in [0.2, 0.25) is 0 Å². The highest BCUT2D eigenvalue weighted by Gasteiger charge is 2.26. The van der Waals surface area contributed by atoms with Crippen LogP contribution in [0.1, 0.15) is 29.4 Å². The van der Waals surface area contributed by atoms with Crippen LogP contribution in [0.2, 0.25) is 0 Å². The summed E-state index contributed by atoms with van der Waals surface area (Å²) in [7, 11) is 0. The lowest BCUT2D eigenvalue weighted by Gasteiger charge is -2.06. The van der Waals surface area contributed by atoms with Gasteiger partial charge in [-0.15, -0.1) is 6.42 Å². The van der Waals surface area contributed by atoms with E-state index < -0.39 is 0 Å². The van der Waals surface area contributed by atoms with Crippen LogP contribution in [0.15, 0.2) is 18.3 Å². The maximum atomic E-state index is 11.6. The third kappa shape index (κ3) is 1.64. The van der Waals surface area contributed by atoms with Gasteiger partial charge in [0.15, 0.2) is 0 Å². The molecule has 0 radical (unpaired) electrons. The quantitative estimate of drug-likeness (QED) is 0.710. The lowest BCUT2D eigenvalue weighted by atomic mass is 10.4. The molecule has 0 bridgehead atoms. The second-order valence-electron chi connectivity index (χ2n) is 3.42. The number of carbonyl (C=O) groups excluding carboxylic acids is 1. The van der Waals surface area contributed by atoms with Crippen LogP contribution in [-0.4, -0.2) is 17.0 Å². The molecule has 14 heavy (non-hydrogen) atoms. The van der Waals surface area contributed by atoms with Gasteiger partial charge in [-0.05, 0) is 25.0 Å². The fourth-order valence-electron chi connectivity index (χ4n) is 1.48. The maximum absolute atomic E-state index is 11.6. The molecule has 0 spiro atoms. The van der Waals surface area contributed by atoms with Crippen LogP contribution in [-0.2, 0) is 0 Å². The smallest absolute Gasteiger partial charge is 0.268 e. The first-order valence-electron chi connectivity index (χ1n) is 4.71. The summed E-state index contributed by atoms with van der Waals surface area (Å²) in [5, 5.41) is 2.66. The number of rotatable bonds is 3. The summed E-state index contributed by atoms with van der Waals surface area (Å²) in [5.74, 6) is 2.30. The van der Waals surface area contributed by atoms with Gasteiger partial charge in [-0.3, -0.25) is 4.79 Å². The molecule has 1 N–H and O–H groups in total. The molecule has 1 aromatic rings. The summed E-state index contributed by atoms with van der Waals surface area (Å²) in [5.41, 5.74) is 0.711. The summed E-state index contributed by atoms with van der Waals surface area (Å²) in [6, 6.07) is 4.24. The first-order chi connectivity index (χ1) is 6.83. The first-order valence-corrected chi connectivity index (χ1v) is 4.71. The molecule has 0 aromatic carbocycles. The van der Waals surface area contributed by atoms with Gasteiger partial charge in [0.1, 0.15) is 5.69 Å².